The number of nitriles is 1. The highest BCUT2D eigenvalue weighted by atomic mass is 16.2. The van der Waals surface area contributed by atoms with E-state index in [0.717, 1.165) is 65.8 Å². The van der Waals surface area contributed by atoms with E-state index in [-0.39, 0.29) is 5.91 Å². The Labute approximate surface area is 255 Å². The highest BCUT2D eigenvalue weighted by molar-refractivity contribution is 6.27. The lowest BCUT2D eigenvalue weighted by Crippen LogP contribution is -2.33. The second-order valence-electron chi connectivity index (χ2n) is 12.6. The number of piperidine rings is 1. The van der Waals surface area contributed by atoms with E-state index in [1.54, 1.807) is 23.5 Å². The molecule has 5 aromatic rings. The number of rotatable bonds is 6. The number of pyridine rings is 2. The minimum Gasteiger partial charge on any atom is -0.317 e. The van der Waals surface area contributed by atoms with Crippen LogP contribution in [-0.4, -0.2) is 48.6 Å². The summed E-state index contributed by atoms with van der Waals surface area (Å²) in [6, 6.07) is 18.5. The van der Waals surface area contributed by atoms with Gasteiger partial charge in [0.05, 0.1) is 22.5 Å². The molecule has 0 unspecified atom stereocenters. The van der Waals surface area contributed by atoms with Crippen LogP contribution in [0.1, 0.15) is 65.7 Å². The Balaban J connectivity index is 1.24. The van der Waals surface area contributed by atoms with Crippen LogP contribution in [0.25, 0.3) is 33.4 Å². The summed E-state index contributed by atoms with van der Waals surface area (Å²) in [6.45, 7) is 5.35. The van der Waals surface area contributed by atoms with Crippen LogP contribution in [0.5, 0.6) is 0 Å². The third-order valence-corrected chi connectivity index (χ3v) is 9.14. The molecule has 1 saturated heterocycles. The molecule has 0 radical (unpaired) electrons. The first-order valence-electron chi connectivity index (χ1n) is 15.4. The molecule has 44 heavy (non-hydrogen) atoms. The van der Waals surface area contributed by atoms with Crippen molar-refractivity contribution in [3.8, 4) is 28.7 Å². The zero-order valence-corrected chi connectivity index (χ0v) is 24.9. The number of anilines is 2. The quantitative estimate of drug-likeness (QED) is 0.230. The summed E-state index contributed by atoms with van der Waals surface area (Å²) in [6.07, 6.45) is 7.84. The van der Waals surface area contributed by atoms with E-state index in [4.69, 9.17) is 9.97 Å². The molecule has 2 fully saturated rings. The van der Waals surface area contributed by atoms with E-state index in [9.17, 15) is 10.1 Å². The van der Waals surface area contributed by atoms with Gasteiger partial charge in [-0.05, 0) is 85.5 Å². The minimum atomic E-state index is -0.0576. The van der Waals surface area contributed by atoms with Crippen molar-refractivity contribution in [3.05, 3.63) is 83.4 Å². The second-order valence-corrected chi connectivity index (χ2v) is 12.6. The largest absolute Gasteiger partial charge is 0.317 e. The van der Waals surface area contributed by atoms with Crippen molar-refractivity contribution in [1.82, 2.24) is 29.6 Å². The zero-order chi connectivity index (χ0) is 29.9. The Kier molecular flexibility index (Phi) is 6.27. The summed E-state index contributed by atoms with van der Waals surface area (Å²) >= 11 is 0. The molecular formula is C35H32N8O. The molecule has 218 valence electrons. The number of carbonyl (C=O) groups excluding carboxylic acids is 1. The summed E-state index contributed by atoms with van der Waals surface area (Å²) in [4.78, 5) is 28.4. The van der Waals surface area contributed by atoms with Crippen LogP contribution in [0.2, 0.25) is 0 Å². The Morgan fingerprint density at radius 2 is 1.95 bits per heavy atom. The molecule has 0 spiro atoms. The van der Waals surface area contributed by atoms with Gasteiger partial charge in [0.25, 0.3) is 5.91 Å². The Hall–Kier alpha value is -4.94. The average Bonchev–Trinajstić information content (AvgIpc) is 3.74. The molecule has 2 aliphatic heterocycles. The molecule has 2 aromatic carbocycles. The van der Waals surface area contributed by atoms with Crippen LogP contribution >= 0.6 is 0 Å². The van der Waals surface area contributed by atoms with Gasteiger partial charge < -0.3 is 4.57 Å². The third-order valence-electron chi connectivity index (χ3n) is 9.14. The lowest BCUT2D eigenvalue weighted by molar-refractivity contribution is 0.100. The molecule has 5 heterocycles. The van der Waals surface area contributed by atoms with E-state index in [0.29, 0.717) is 40.3 Å². The van der Waals surface area contributed by atoms with Gasteiger partial charge in [0.1, 0.15) is 18.2 Å². The topological polar surface area (TPSA) is 104 Å². The van der Waals surface area contributed by atoms with E-state index in [1.165, 1.54) is 18.4 Å². The first-order valence-corrected chi connectivity index (χ1v) is 15.4. The van der Waals surface area contributed by atoms with Crippen LogP contribution in [-0.2, 0) is 13.6 Å². The van der Waals surface area contributed by atoms with Gasteiger partial charge in [-0.2, -0.15) is 5.26 Å². The van der Waals surface area contributed by atoms with Crippen LogP contribution < -0.4 is 4.90 Å². The number of hydrogen-bond donors (Lipinski definition) is 0. The SMILES string of the molecule is C[C@H]1CCCN(Cc2cc3c4c(cccc4c2)N(c2cc(-c4ncc(C#N)cc4-c4nncn4C)cc(C4CC4)n2)C3=O)C1. The molecule has 0 bridgehead atoms. The van der Waals surface area contributed by atoms with E-state index >= 15 is 0 Å². The van der Waals surface area contributed by atoms with E-state index < -0.39 is 0 Å². The van der Waals surface area contributed by atoms with Crippen LogP contribution in [0.15, 0.2) is 61.1 Å². The second kappa shape index (κ2) is 10.4. The van der Waals surface area contributed by atoms with Crippen LogP contribution in [0, 0.1) is 17.2 Å². The summed E-state index contributed by atoms with van der Waals surface area (Å²) in [7, 11) is 1.87. The van der Waals surface area contributed by atoms with Crippen LogP contribution in [0.4, 0.5) is 11.5 Å². The molecule has 8 rings (SSSR count). The van der Waals surface area contributed by atoms with E-state index in [1.807, 2.05) is 29.8 Å². The van der Waals surface area contributed by atoms with Gasteiger partial charge in [0, 0.05) is 54.5 Å². The number of aryl methyl sites for hydroxylation is 1. The summed E-state index contributed by atoms with van der Waals surface area (Å²) < 4.78 is 1.81. The van der Waals surface area contributed by atoms with Crippen molar-refractivity contribution in [2.24, 2.45) is 13.0 Å². The maximum absolute atomic E-state index is 14.3. The Morgan fingerprint density at radius 1 is 1.07 bits per heavy atom. The number of benzene rings is 2. The van der Waals surface area contributed by atoms with Gasteiger partial charge in [-0.3, -0.25) is 19.6 Å². The smallest absolute Gasteiger partial charge is 0.264 e. The van der Waals surface area contributed by atoms with Crippen molar-refractivity contribution >= 4 is 28.2 Å². The number of likely N-dealkylation sites (tertiary alicyclic amines) is 1. The van der Waals surface area contributed by atoms with Crippen molar-refractivity contribution in [2.45, 2.75) is 45.1 Å². The number of amides is 1. The highest BCUT2D eigenvalue weighted by Gasteiger charge is 2.35. The predicted octanol–water partition coefficient (Wildman–Crippen LogP) is 6.37. The molecule has 9 nitrogen and oxygen atoms in total. The number of nitrogens with zero attached hydrogens (tertiary/aromatic N) is 8. The monoisotopic (exact) mass is 580 g/mol. The first kappa shape index (κ1) is 26.7. The predicted molar refractivity (Wildman–Crippen MR) is 168 cm³/mol. The molecule has 3 aromatic heterocycles. The van der Waals surface area contributed by atoms with E-state index in [2.05, 4.69) is 52.4 Å². The Bertz CT molecular complexity index is 2000. The average molecular weight is 581 g/mol. The maximum Gasteiger partial charge on any atom is 0.264 e. The fourth-order valence-corrected chi connectivity index (χ4v) is 6.89. The fourth-order valence-electron chi connectivity index (χ4n) is 6.89. The normalized spacial score (nSPS) is 18.2. The van der Waals surface area contributed by atoms with Gasteiger partial charge in [-0.15, -0.1) is 10.2 Å². The molecule has 1 saturated carbocycles. The summed E-state index contributed by atoms with van der Waals surface area (Å²) in [5.74, 6) is 2.18. The van der Waals surface area contributed by atoms with Crippen LogP contribution in [0.3, 0.4) is 0 Å². The lowest BCUT2D eigenvalue weighted by atomic mass is 9.98. The molecule has 1 atom stereocenters. The number of aromatic nitrogens is 5. The summed E-state index contributed by atoms with van der Waals surface area (Å²) in [5.41, 5.74) is 6.35. The van der Waals surface area contributed by atoms with Gasteiger partial charge in [-0.25, -0.2) is 4.98 Å². The molecular weight excluding hydrogens is 548 g/mol. The Morgan fingerprint density at radius 3 is 2.73 bits per heavy atom. The van der Waals surface area contributed by atoms with Crippen molar-refractivity contribution in [3.63, 3.8) is 0 Å². The van der Waals surface area contributed by atoms with Crippen molar-refractivity contribution in [1.29, 1.82) is 5.26 Å². The molecule has 1 aliphatic carbocycles. The molecule has 0 N–H and O–H groups in total. The number of hydrogen-bond acceptors (Lipinski definition) is 7. The standard InChI is InChI=1S/C35H32N8O/c1-21-5-4-10-42(18-21)19-22-11-25-6-3-7-30-32(25)27(12-22)35(44)43(30)31-15-26(14-29(39-31)24-8-9-24)33-28(13-23(16-36)17-37-33)34-40-38-20-41(34)2/h3,6-7,11-15,17,20-21,24H,4-5,8-10,18-19H2,1-2H3/t21-/m0/s1. The summed E-state index contributed by atoms with van der Waals surface area (Å²) in [5, 5.41) is 20.1. The number of carbonyl (C=O) groups is 1. The zero-order valence-electron chi connectivity index (χ0n) is 24.9. The van der Waals surface area contributed by atoms with Crippen molar-refractivity contribution < 1.29 is 4.79 Å². The molecule has 9 heteroatoms. The lowest BCUT2D eigenvalue weighted by Gasteiger charge is -2.30. The first-order chi connectivity index (χ1) is 21.5. The van der Waals surface area contributed by atoms with Gasteiger partial charge >= 0.3 is 0 Å². The fraction of sp³-hybridized carbons (Fsp3) is 0.314. The maximum atomic E-state index is 14.3. The highest BCUT2D eigenvalue weighted by Crippen LogP contribution is 2.46. The van der Waals surface area contributed by atoms with Crippen molar-refractivity contribution in [2.75, 3.05) is 18.0 Å². The third kappa shape index (κ3) is 4.54. The minimum absolute atomic E-state index is 0.0576. The van der Waals surface area contributed by atoms with Gasteiger partial charge in [0.2, 0.25) is 0 Å². The molecule has 1 amide bonds. The molecule has 3 aliphatic rings. The van der Waals surface area contributed by atoms with Gasteiger partial charge in [-0.1, -0.05) is 19.1 Å². The van der Waals surface area contributed by atoms with Gasteiger partial charge in [0.15, 0.2) is 5.82 Å².